The molecule has 0 radical (unpaired) electrons. The van der Waals surface area contributed by atoms with Crippen molar-refractivity contribution in [1.82, 2.24) is 15.0 Å². The number of fused-ring (bicyclic) bond motifs is 1. The fourth-order valence-corrected chi connectivity index (χ4v) is 3.67. The summed E-state index contributed by atoms with van der Waals surface area (Å²) in [6.07, 6.45) is 1.74. The van der Waals surface area contributed by atoms with Crippen LogP contribution in [0.2, 0.25) is 0 Å². The molecule has 0 bridgehead atoms. The molecule has 0 aliphatic carbocycles. The molecule has 2 aromatic carbocycles. The number of H-pyrrole nitrogens is 1. The van der Waals surface area contributed by atoms with Crippen molar-refractivity contribution in [3.63, 3.8) is 0 Å². The highest BCUT2D eigenvalue weighted by atomic mass is 32.2. The summed E-state index contributed by atoms with van der Waals surface area (Å²) in [5, 5.41) is 0. The molecule has 0 saturated heterocycles. The molecule has 4 rings (SSSR count). The Morgan fingerprint density at radius 1 is 1.04 bits per heavy atom. The number of hydrogen-bond donors (Lipinski definition) is 1. The van der Waals surface area contributed by atoms with Crippen LogP contribution in [-0.4, -0.2) is 34.4 Å². The lowest BCUT2D eigenvalue weighted by Crippen LogP contribution is -2.02. The van der Waals surface area contributed by atoms with E-state index in [4.69, 9.17) is 9.47 Å². The molecule has 0 saturated carbocycles. The Labute approximate surface area is 168 Å². The van der Waals surface area contributed by atoms with Gasteiger partial charge in [0, 0.05) is 23.8 Å². The lowest BCUT2D eigenvalue weighted by atomic mass is 10.2. The maximum Gasteiger partial charge on any atom is 0.178 e. The molecule has 0 amide bonds. The lowest BCUT2D eigenvalue weighted by molar-refractivity contribution is 0.341. The van der Waals surface area contributed by atoms with E-state index in [2.05, 4.69) is 39.2 Å². The van der Waals surface area contributed by atoms with Crippen molar-refractivity contribution >= 4 is 22.9 Å². The van der Waals surface area contributed by atoms with E-state index in [0.717, 1.165) is 39.9 Å². The number of methoxy groups -OCH3 is 1. The summed E-state index contributed by atoms with van der Waals surface area (Å²) in [7, 11) is 1.65. The number of benzene rings is 2. The molecule has 0 atom stereocenters. The molecule has 0 unspecified atom stereocenters. The average Bonchev–Trinajstić information content (AvgIpc) is 3.18. The summed E-state index contributed by atoms with van der Waals surface area (Å²) >= 11 is 1.85. The van der Waals surface area contributed by atoms with Gasteiger partial charge in [-0.25, -0.2) is 9.97 Å². The molecular weight excluding hydrogens is 370 g/mol. The van der Waals surface area contributed by atoms with E-state index in [1.54, 1.807) is 13.3 Å². The Kier molecular flexibility index (Phi) is 5.77. The first-order valence-electron chi connectivity index (χ1n) is 9.07. The van der Waals surface area contributed by atoms with Crippen LogP contribution < -0.4 is 9.47 Å². The van der Waals surface area contributed by atoms with E-state index in [1.807, 2.05) is 48.2 Å². The summed E-state index contributed by atoms with van der Waals surface area (Å²) in [5.41, 5.74) is 3.81. The maximum absolute atomic E-state index is 6.09. The molecule has 28 heavy (non-hydrogen) atoms. The molecule has 6 heteroatoms. The molecule has 0 aliphatic rings. The van der Waals surface area contributed by atoms with Crippen LogP contribution in [0.3, 0.4) is 0 Å². The zero-order valence-corrected chi connectivity index (χ0v) is 16.4. The van der Waals surface area contributed by atoms with Crippen LogP contribution in [0.15, 0.2) is 66.9 Å². The molecule has 2 heterocycles. The maximum atomic E-state index is 6.09. The van der Waals surface area contributed by atoms with Gasteiger partial charge in [0.05, 0.1) is 24.8 Å². The van der Waals surface area contributed by atoms with E-state index in [-0.39, 0.29) is 0 Å². The molecule has 142 valence electrons. The van der Waals surface area contributed by atoms with Crippen LogP contribution in [0.25, 0.3) is 22.6 Å². The highest BCUT2D eigenvalue weighted by Crippen LogP contribution is 2.33. The second kappa shape index (κ2) is 8.80. The summed E-state index contributed by atoms with van der Waals surface area (Å²) in [4.78, 5) is 12.2. The first-order valence-corrected chi connectivity index (χ1v) is 10.2. The summed E-state index contributed by atoms with van der Waals surface area (Å²) in [5.74, 6) is 4.12. The topological polar surface area (TPSA) is 60.0 Å². The molecule has 1 N–H and O–H groups in total. The molecule has 0 spiro atoms. The number of thioether (sulfide) groups is 1. The fourth-order valence-electron chi connectivity index (χ4n) is 2.89. The number of rotatable bonds is 8. The summed E-state index contributed by atoms with van der Waals surface area (Å²) in [6, 6.07) is 20.1. The van der Waals surface area contributed by atoms with Gasteiger partial charge in [-0.1, -0.05) is 30.3 Å². The molecular formula is C22H21N3O2S. The van der Waals surface area contributed by atoms with E-state index in [0.29, 0.717) is 12.3 Å². The minimum absolute atomic E-state index is 0.607. The van der Waals surface area contributed by atoms with E-state index in [1.165, 1.54) is 5.56 Å². The van der Waals surface area contributed by atoms with Crippen LogP contribution in [0.5, 0.6) is 11.5 Å². The highest BCUT2D eigenvalue weighted by Gasteiger charge is 2.13. The number of nitrogens with one attached hydrogen (secondary N) is 1. The van der Waals surface area contributed by atoms with Gasteiger partial charge in [0.1, 0.15) is 17.3 Å². The molecule has 2 aromatic heterocycles. The fraction of sp³-hybridized carbons (Fsp3) is 0.182. The first kappa shape index (κ1) is 18.4. The second-order valence-electron chi connectivity index (χ2n) is 6.21. The summed E-state index contributed by atoms with van der Waals surface area (Å²) in [6.45, 7) is 0.607. The van der Waals surface area contributed by atoms with Crippen molar-refractivity contribution in [3.05, 3.63) is 72.4 Å². The van der Waals surface area contributed by atoms with Crippen molar-refractivity contribution < 1.29 is 9.47 Å². The predicted octanol–water partition coefficient (Wildman–Crippen LogP) is 4.95. The predicted molar refractivity (Wildman–Crippen MR) is 114 cm³/mol. The number of imidazole rings is 1. The van der Waals surface area contributed by atoms with Crippen molar-refractivity contribution in [2.24, 2.45) is 0 Å². The van der Waals surface area contributed by atoms with Crippen LogP contribution in [0.1, 0.15) is 5.56 Å². The minimum Gasteiger partial charge on any atom is -0.497 e. The van der Waals surface area contributed by atoms with Crippen LogP contribution >= 0.6 is 11.8 Å². The number of hydrogen-bond acceptors (Lipinski definition) is 5. The van der Waals surface area contributed by atoms with Crippen molar-refractivity contribution in [2.45, 2.75) is 5.75 Å². The monoisotopic (exact) mass is 391 g/mol. The number of aromatic amines is 1. The van der Waals surface area contributed by atoms with Crippen LogP contribution in [0.4, 0.5) is 0 Å². The van der Waals surface area contributed by atoms with Crippen LogP contribution in [-0.2, 0) is 5.75 Å². The van der Waals surface area contributed by atoms with Gasteiger partial charge in [-0.3, -0.25) is 0 Å². The van der Waals surface area contributed by atoms with E-state index >= 15 is 0 Å². The number of ether oxygens (including phenoxy) is 2. The average molecular weight is 391 g/mol. The Balaban J connectivity index is 1.46. The van der Waals surface area contributed by atoms with Gasteiger partial charge in [0.2, 0.25) is 0 Å². The third kappa shape index (κ3) is 4.28. The SMILES string of the molecule is COc1ccc(-c2nc3ncccc3[nH]2)c(OCCSCc2ccccc2)c1. The Hall–Kier alpha value is -2.99. The van der Waals surface area contributed by atoms with Gasteiger partial charge in [-0.2, -0.15) is 11.8 Å². The normalized spacial score (nSPS) is 10.9. The van der Waals surface area contributed by atoms with E-state index in [9.17, 15) is 0 Å². The zero-order chi connectivity index (χ0) is 19.2. The smallest absolute Gasteiger partial charge is 0.178 e. The van der Waals surface area contributed by atoms with Gasteiger partial charge in [0.15, 0.2) is 5.65 Å². The van der Waals surface area contributed by atoms with Crippen molar-refractivity contribution in [1.29, 1.82) is 0 Å². The molecule has 0 fully saturated rings. The first-order chi connectivity index (χ1) is 13.8. The highest BCUT2D eigenvalue weighted by molar-refractivity contribution is 7.98. The van der Waals surface area contributed by atoms with Crippen LogP contribution in [0, 0.1) is 0 Å². The third-order valence-electron chi connectivity index (χ3n) is 4.30. The van der Waals surface area contributed by atoms with Gasteiger partial charge in [0.25, 0.3) is 0 Å². The minimum atomic E-state index is 0.607. The lowest BCUT2D eigenvalue weighted by Gasteiger charge is -2.12. The van der Waals surface area contributed by atoms with Crippen molar-refractivity contribution in [2.75, 3.05) is 19.5 Å². The Morgan fingerprint density at radius 3 is 2.75 bits per heavy atom. The van der Waals surface area contributed by atoms with Gasteiger partial charge in [-0.15, -0.1) is 0 Å². The third-order valence-corrected chi connectivity index (χ3v) is 5.29. The number of aromatic nitrogens is 3. The zero-order valence-electron chi connectivity index (χ0n) is 15.6. The molecule has 0 aliphatic heterocycles. The quantitative estimate of drug-likeness (QED) is 0.431. The number of pyridine rings is 1. The molecule has 4 aromatic rings. The second-order valence-corrected chi connectivity index (χ2v) is 7.31. The Morgan fingerprint density at radius 2 is 1.93 bits per heavy atom. The molecule has 5 nitrogen and oxygen atoms in total. The van der Waals surface area contributed by atoms with Crippen molar-refractivity contribution in [3.8, 4) is 22.9 Å². The standard InChI is InChI=1S/C22H21N3O2S/c1-26-17-9-10-18(21-24-19-8-5-11-23-22(19)25-21)20(14-17)27-12-13-28-15-16-6-3-2-4-7-16/h2-11,14H,12-13,15H2,1H3,(H,23,24,25). The largest absolute Gasteiger partial charge is 0.497 e. The summed E-state index contributed by atoms with van der Waals surface area (Å²) < 4.78 is 11.4. The number of nitrogens with zero attached hydrogens (tertiary/aromatic N) is 2. The Bertz CT molecular complexity index is 1020. The van der Waals surface area contributed by atoms with Gasteiger partial charge < -0.3 is 14.5 Å². The van der Waals surface area contributed by atoms with Gasteiger partial charge in [-0.05, 0) is 29.8 Å². The van der Waals surface area contributed by atoms with E-state index < -0.39 is 0 Å². The van der Waals surface area contributed by atoms with Gasteiger partial charge >= 0.3 is 0 Å².